The molecule has 0 bridgehead atoms. The Morgan fingerprint density at radius 3 is 2.52 bits per heavy atom. The van der Waals surface area contributed by atoms with E-state index in [0.29, 0.717) is 13.0 Å². The van der Waals surface area contributed by atoms with Crippen LogP contribution in [0.5, 0.6) is 0 Å². The average molecular weight is 309 g/mol. The molecule has 0 unspecified atom stereocenters. The zero-order valence-corrected chi connectivity index (χ0v) is 13.2. The van der Waals surface area contributed by atoms with Crippen LogP contribution in [0.25, 0.3) is 16.7 Å². The third-order valence-corrected chi connectivity index (χ3v) is 3.49. The molecule has 1 heterocycles. The molecule has 5 nitrogen and oxygen atoms in total. The summed E-state index contributed by atoms with van der Waals surface area (Å²) in [7, 11) is 0. The first-order valence-electron chi connectivity index (χ1n) is 7.53. The van der Waals surface area contributed by atoms with Gasteiger partial charge in [0.25, 0.3) is 0 Å². The quantitative estimate of drug-likeness (QED) is 0.576. The van der Waals surface area contributed by atoms with Gasteiger partial charge in [-0.05, 0) is 43.2 Å². The van der Waals surface area contributed by atoms with Gasteiger partial charge in [-0.15, -0.1) is 10.2 Å². The van der Waals surface area contributed by atoms with Crippen molar-refractivity contribution in [1.82, 2.24) is 15.0 Å². The molecule has 0 spiro atoms. The first-order valence-corrected chi connectivity index (χ1v) is 7.53. The highest BCUT2D eigenvalue weighted by atomic mass is 16.5. The summed E-state index contributed by atoms with van der Waals surface area (Å²) in [5.41, 5.74) is 4.94. The Labute approximate surface area is 134 Å². The van der Waals surface area contributed by atoms with Crippen molar-refractivity contribution in [1.29, 1.82) is 0 Å². The number of ether oxygens (including phenoxy) is 1. The van der Waals surface area contributed by atoms with E-state index in [1.807, 2.05) is 31.2 Å². The fourth-order valence-electron chi connectivity index (χ4n) is 2.39. The second kappa shape index (κ2) is 6.52. The summed E-state index contributed by atoms with van der Waals surface area (Å²) in [5.74, 6) is 0.161. The van der Waals surface area contributed by atoms with E-state index in [1.165, 1.54) is 6.26 Å². The van der Waals surface area contributed by atoms with E-state index in [2.05, 4.69) is 28.4 Å². The van der Waals surface area contributed by atoms with Crippen molar-refractivity contribution in [3.8, 4) is 5.69 Å². The fraction of sp³-hybridized carbons (Fsp3) is 0.222. The van der Waals surface area contributed by atoms with Gasteiger partial charge in [0.2, 0.25) is 0 Å². The van der Waals surface area contributed by atoms with E-state index >= 15 is 0 Å². The number of rotatable bonds is 5. The lowest BCUT2D eigenvalue weighted by Gasteiger charge is -2.09. The van der Waals surface area contributed by atoms with Crippen LogP contribution < -0.4 is 0 Å². The molecule has 0 amide bonds. The molecule has 0 saturated heterocycles. The molecule has 1 N–H and O–H groups in total. The minimum Gasteiger partial charge on any atom is -0.509 e. The van der Waals surface area contributed by atoms with Gasteiger partial charge in [-0.3, -0.25) is 0 Å². The van der Waals surface area contributed by atoms with E-state index in [4.69, 9.17) is 9.84 Å². The molecule has 0 aliphatic rings. The molecular formula is C18H19N3O2. The highest BCUT2D eigenvalue weighted by molar-refractivity contribution is 5.73. The van der Waals surface area contributed by atoms with Gasteiger partial charge in [0.1, 0.15) is 23.1 Å². The Kier molecular flexibility index (Phi) is 4.28. The Balaban J connectivity index is 1.91. The van der Waals surface area contributed by atoms with Gasteiger partial charge in [-0.25, -0.2) is 0 Å². The largest absolute Gasteiger partial charge is 0.509 e. The number of nitrogens with zero attached hydrogens (tertiary/aromatic N) is 3. The summed E-state index contributed by atoms with van der Waals surface area (Å²) >= 11 is 0. The average Bonchev–Trinajstić information content (AvgIpc) is 2.96. The van der Waals surface area contributed by atoms with Gasteiger partial charge in [-0.2, -0.15) is 4.80 Å². The van der Waals surface area contributed by atoms with E-state index in [1.54, 1.807) is 11.7 Å². The van der Waals surface area contributed by atoms with Crippen molar-refractivity contribution < 1.29 is 9.84 Å². The van der Waals surface area contributed by atoms with Crippen LogP contribution in [0.2, 0.25) is 0 Å². The lowest BCUT2D eigenvalue weighted by molar-refractivity contribution is 0.233. The summed E-state index contributed by atoms with van der Waals surface area (Å²) in [4.78, 5) is 1.68. The minimum atomic E-state index is 0.161. The van der Waals surface area contributed by atoms with Gasteiger partial charge in [-0.1, -0.05) is 24.3 Å². The first kappa shape index (κ1) is 15.1. The van der Waals surface area contributed by atoms with Crippen molar-refractivity contribution in [2.24, 2.45) is 0 Å². The van der Waals surface area contributed by atoms with Crippen LogP contribution in [0, 0.1) is 6.92 Å². The molecular weight excluding hydrogens is 290 g/mol. The van der Waals surface area contributed by atoms with Gasteiger partial charge in [0.05, 0.1) is 12.3 Å². The number of benzene rings is 2. The lowest BCUT2D eigenvalue weighted by Crippen LogP contribution is -2.06. The lowest BCUT2D eigenvalue weighted by atomic mass is 10.1. The normalized spacial score (nSPS) is 11.8. The highest BCUT2D eigenvalue weighted by Crippen LogP contribution is 2.18. The van der Waals surface area contributed by atoms with Crippen LogP contribution in [0.4, 0.5) is 0 Å². The molecule has 23 heavy (non-hydrogen) atoms. The summed E-state index contributed by atoms with van der Waals surface area (Å²) in [5, 5.41) is 18.2. The third kappa shape index (κ3) is 3.51. The standard InChI is InChI=1S/C18H19N3O2/c1-13-7-8-15(9-10-23-12-14(2)22)18(11-13)21-19-16-5-3-4-6-17(16)20-21/h3-8,11-12,22H,9-10H2,1-2H3. The Hall–Kier alpha value is -2.82. The van der Waals surface area contributed by atoms with Crippen LogP contribution in [0.15, 0.2) is 54.5 Å². The van der Waals surface area contributed by atoms with Crippen LogP contribution in [-0.4, -0.2) is 26.7 Å². The summed E-state index contributed by atoms with van der Waals surface area (Å²) in [6.45, 7) is 4.11. The number of hydrogen-bond acceptors (Lipinski definition) is 4. The van der Waals surface area contributed by atoms with Gasteiger partial charge in [0, 0.05) is 6.42 Å². The van der Waals surface area contributed by atoms with Crippen LogP contribution in [0.1, 0.15) is 18.1 Å². The van der Waals surface area contributed by atoms with Crippen molar-refractivity contribution >= 4 is 11.0 Å². The Bertz CT molecular complexity index is 815. The van der Waals surface area contributed by atoms with Gasteiger partial charge < -0.3 is 9.84 Å². The van der Waals surface area contributed by atoms with Crippen molar-refractivity contribution in [3.63, 3.8) is 0 Å². The van der Waals surface area contributed by atoms with E-state index in [-0.39, 0.29) is 5.76 Å². The van der Waals surface area contributed by atoms with Crippen molar-refractivity contribution in [3.05, 3.63) is 65.6 Å². The predicted molar refractivity (Wildman–Crippen MR) is 89.6 cm³/mol. The first-order chi connectivity index (χ1) is 11.1. The second-order valence-electron chi connectivity index (χ2n) is 5.49. The maximum Gasteiger partial charge on any atom is 0.123 e. The number of aromatic nitrogens is 3. The topological polar surface area (TPSA) is 60.2 Å². The molecule has 0 aliphatic carbocycles. The highest BCUT2D eigenvalue weighted by Gasteiger charge is 2.09. The molecule has 0 radical (unpaired) electrons. The number of aliphatic hydroxyl groups excluding tert-OH is 1. The van der Waals surface area contributed by atoms with Crippen LogP contribution in [0.3, 0.4) is 0 Å². The second-order valence-corrected chi connectivity index (χ2v) is 5.49. The summed E-state index contributed by atoms with van der Waals surface area (Å²) in [6, 6.07) is 14.0. The molecule has 5 heteroatoms. The van der Waals surface area contributed by atoms with Gasteiger partial charge in [0.15, 0.2) is 0 Å². The Morgan fingerprint density at radius 2 is 1.87 bits per heavy atom. The predicted octanol–water partition coefficient (Wildman–Crippen LogP) is 3.71. The molecule has 3 rings (SSSR count). The molecule has 0 saturated carbocycles. The fourth-order valence-corrected chi connectivity index (χ4v) is 2.39. The van der Waals surface area contributed by atoms with E-state index in [0.717, 1.165) is 27.8 Å². The smallest absolute Gasteiger partial charge is 0.123 e. The number of hydrogen-bond donors (Lipinski definition) is 1. The van der Waals surface area contributed by atoms with E-state index < -0.39 is 0 Å². The van der Waals surface area contributed by atoms with Gasteiger partial charge >= 0.3 is 0 Å². The van der Waals surface area contributed by atoms with E-state index in [9.17, 15) is 0 Å². The molecule has 0 atom stereocenters. The molecule has 118 valence electrons. The summed E-state index contributed by atoms with van der Waals surface area (Å²) < 4.78 is 5.32. The number of fused-ring (bicyclic) bond motifs is 1. The van der Waals surface area contributed by atoms with Crippen LogP contribution in [-0.2, 0) is 11.2 Å². The molecule has 0 fully saturated rings. The summed E-state index contributed by atoms with van der Waals surface area (Å²) in [6.07, 6.45) is 2.06. The molecule has 2 aromatic carbocycles. The maximum atomic E-state index is 9.11. The monoisotopic (exact) mass is 309 g/mol. The number of allylic oxidation sites excluding steroid dienone is 1. The zero-order chi connectivity index (χ0) is 16.2. The van der Waals surface area contributed by atoms with Crippen molar-refractivity contribution in [2.45, 2.75) is 20.3 Å². The third-order valence-electron chi connectivity index (χ3n) is 3.49. The SMILES string of the molecule is CC(O)=COCCc1ccc(C)cc1-n1nc2ccccc2n1. The number of aliphatic hydroxyl groups is 1. The minimum absolute atomic E-state index is 0.161. The maximum absolute atomic E-state index is 9.11. The molecule has 3 aromatic rings. The zero-order valence-electron chi connectivity index (χ0n) is 13.2. The van der Waals surface area contributed by atoms with Crippen LogP contribution >= 0.6 is 0 Å². The molecule has 1 aromatic heterocycles. The molecule has 0 aliphatic heterocycles. The Morgan fingerprint density at radius 1 is 1.17 bits per heavy atom. The van der Waals surface area contributed by atoms with Crippen molar-refractivity contribution in [2.75, 3.05) is 6.61 Å². The number of aryl methyl sites for hydroxylation is 1.